The Bertz CT molecular complexity index is 174. The predicted octanol–water partition coefficient (Wildman–Crippen LogP) is 1.86. The zero-order valence-electron chi connectivity index (χ0n) is 4.72. The summed E-state index contributed by atoms with van der Waals surface area (Å²) in [6.45, 7) is 0. The predicted molar refractivity (Wildman–Crippen MR) is 43.5 cm³/mol. The maximum atomic E-state index is 5.78. The fourth-order valence-electron chi connectivity index (χ4n) is 0.599. The normalized spacial score (nSPS) is 9.11. The molecular weight excluding hydrogens is 258 g/mol. The number of hydrogen-bond acceptors (Lipinski definition) is 0. The maximum absolute atomic E-state index is 5.78. The van der Waals surface area contributed by atoms with Crippen LogP contribution in [0.25, 0.3) is 0 Å². The van der Waals surface area contributed by atoms with E-state index in [1.165, 1.54) is 0 Å². The van der Waals surface area contributed by atoms with Gasteiger partial charge in [-0.05, 0) is 0 Å². The van der Waals surface area contributed by atoms with Crippen LogP contribution in [0.4, 0.5) is 0 Å². The molecule has 1 aromatic carbocycles. The van der Waals surface area contributed by atoms with E-state index in [2.05, 4.69) is 0 Å². The molecule has 0 bridgehead atoms. The van der Waals surface area contributed by atoms with Gasteiger partial charge in [-0.3, -0.25) is 0 Å². The van der Waals surface area contributed by atoms with Crippen molar-refractivity contribution >= 4 is 39.5 Å². The summed E-state index contributed by atoms with van der Waals surface area (Å²) in [5, 5.41) is 0. The van der Waals surface area contributed by atoms with E-state index in [0.717, 1.165) is 3.32 Å². The number of hydrogen-bond donors (Lipinski definition) is 0. The van der Waals surface area contributed by atoms with Crippen LogP contribution in [-0.2, 0) is 0 Å². The van der Waals surface area contributed by atoms with Crippen LogP contribution >= 0.6 is 17.2 Å². The molecule has 0 amide bonds. The van der Waals surface area contributed by atoms with Crippen molar-refractivity contribution in [2.45, 2.75) is 0 Å². The quantitative estimate of drug-likeness (QED) is 0.725. The zero-order chi connectivity index (χ0) is 6.69. The van der Waals surface area contributed by atoms with Crippen molar-refractivity contribution in [3.05, 3.63) is 30.3 Å². The molecule has 9 heavy (non-hydrogen) atoms. The Kier molecular flexibility index (Phi) is 3.23. The summed E-state index contributed by atoms with van der Waals surface area (Å²) in [4.78, 5) is 0. The average Bonchev–Trinajstić information content (AvgIpc) is 1.90. The summed E-state index contributed by atoms with van der Waals surface area (Å²) < 4.78 is 1.16. The van der Waals surface area contributed by atoms with Crippen molar-refractivity contribution in [2.75, 3.05) is 0 Å². The molecule has 0 saturated heterocycles. The molecule has 0 aliphatic rings. The van der Waals surface area contributed by atoms with E-state index in [0.29, 0.717) is 0 Å². The molecule has 0 saturated carbocycles. The van der Waals surface area contributed by atoms with E-state index in [-0.39, 0.29) is 0 Å². The molecule has 0 aromatic heterocycles. The van der Waals surface area contributed by atoms with E-state index in [1.807, 2.05) is 30.3 Å². The first kappa shape index (κ1) is 7.77. The first-order chi connectivity index (χ1) is 4.30. The molecule has 1 aromatic rings. The third kappa shape index (κ3) is 2.40. The Hall–Kier alpha value is 0.670. The topological polar surface area (TPSA) is 0 Å². The van der Waals surface area contributed by atoms with Gasteiger partial charge in [0.1, 0.15) is 0 Å². The molecule has 0 N–H and O–H groups in total. The van der Waals surface area contributed by atoms with Crippen LogP contribution in [-0.4, -0.2) is 19.1 Å². The molecule has 0 spiro atoms. The van der Waals surface area contributed by atoms with E-state index < -0.39 is 19.1 Å². The summed E-state index contributed by atoms with van der Waals surface area (Å²) in [6, 6.07) is 9.86. The number of halogens is 2. The van der Waals surface area contributed by atoms with Crippen LogP contribution in [0.3, 0.4) is 0 Å². The van der Waals surface area contributed by atoms with E-state index in [1.54, 1.807) is 0 Å². The van der Waals surface area contributed by atoms with Gasteiger partial charge in [0.2, 0.25) is 0 Å². The van der Waals surface area contributed by atoms with E-state index >= 15 is 0 Å². The standard InChI is InChI=1S/C6H5.2ClH.In/c1-2-4-6-5-3-1;;;/h1-5H;2*1H;/q;;;+2/p-2. The van der Waals surface area contributed by atoms with Crippen LogP contribution in [0.15, 0.2) is 30.3 Å². The summed E-state index contributed by atoms with van der Waals surface area (Å²) in [5.74, 6) is 0. The van der Waals surface area contributed by atoms with Gasteiger partial charge in [0.25, 0.3) is 0 Å². The van der Waals surface area contributed by atoms with Crippen molar-refractivity contribution in [3.63, 3.8) is 0 Å². The third-order valence-electron chi connectivity index (χ3n) is 1.05. The Morgan fingerprint density at radius 3 is 1.89 bits per heavy atom. The van der Waals surface area contributed by atoms with E-state index in [9.17, 15) is 0 Å². The van der Waals surface area contributed by atoms with Gasteiger partial charge in [-0.2, -0.15) is 0 Å². The minimum atomic E-state index is -2.19. The SMILES string of the molecule is [Cl][In]([Cl])[c]1ccccc1. The van der Waals surface area contributed by atoms with Crippen molar-refractivity contribution in [1.82, 2.24) is 0 Å². The Morgan fingerprint density at radius 2 is 1.56 bits per heavy atom. The molecule has 0 heterocycles. The van der Waals surface area contributed by atoms with Crippen molar-refractivity contribution < 1.29 is 0 Å². The molecule has 3 heteroatoms. The average molecular weight is 263 g/mol. The fraction of sp³-hybridized carbons (Fsp3) is 0. The summed E-state index contributed by atoms with van der Waals surface area (Å²) in [7, 11) is 11.6. The molecule has 0 fully saturated rings. The Balaban J connectivity index is 2.85. The van der Waals surface area contributed by atoms with Gasteiger partial charge < -0.3 is 0 Å². The molecule has 46 valence electrons. The molecule has 0 aliphatic heterocycles. The Labute approximate surface area is 69.5 Å². The number of benzene rings is 1. The van der Waals surface area contributed by atoms with Crippen LogP contribution in [0.5, 0.6) is 0 Å². The molecule has 0 radical (unpaired) electrons. The van der Waals surface area contributed by atoms with Crippen LogP contribution in [0.2, 0.25) is 0 Å². The van der Waals surface area contributed by atoms with Gasteiger partial charge >= 0.3 is 69.9 Å². The second kappa shape index (κ2) is 3.75. The monoisotopic (exact) mass is 262 g/mol. The van der Waals surface area contributed by atoms with Crippen molar-refractivity contribution in [1.29, 1.82) is 0 Å². The molecule has 1 rings (SSSR count). The number of rotatable bonds is 1. The first-order valence-electron chi connectivity index (χ1n) is 2.64. The molecule has 0 nitrogen and oxygen atoms in total. The van der Waals surface area contributed by atoms with Gasteiger partial charge in [-0.25, -0.2) is 0 Å². The third-order valence-corrected chi connectivity index (χ3v) is 6.97. The van der Waals surface area contributed by atoms with Crippen LogP contribution < -0.4 is 3.32 Å². The molecule has 0 aliphatic carbocycles. The fourth-order valence-corrected chi connectivity index (χ4v) is 4.01. The summed E-state index contributed by atoms with van der Waals surface area (Å²) in [6.07, 6.45) is 0. The van der Waals surface area contributed by atoms with Gasteiger partial charge in [0, 0.05) is 0 Å². The second-order valence-electron chi connectivity index (χ2n) is 1.71. The summed E-state index contributed by atoms with van der Waals surface area (Å²) in [5.41, 5.74) is 0. The Morgan fingerprint density at radius 1 is 1.00 bits per heavy atom. The van der Waals surface area contributed by atoms with E-state index in [4.69, 9.17) is 17.2 Å². The molecule has 0 atom stereocenters. The van der Waals surface area contributed by atoms with Crippen molar-refractivity contribution in [3.8, 4) is 0 Å². The second-order valence-corrected chi connectivity index (χ2v) is 12.7. The molecular formula is C6H5Cl2In. The van der Waals surface area contributed by atoms with Gasteiger partial charge in [0.05, 0.1) is 0 Å². The van der Waals surface area contributed by atoms with Crippen LogP contribution in [0, 0.1) is 0 Å². The van der Waals surface area contributed by atoms with Gasteiger partial charge in [0.15, 0.2) is 0 Å². The first-order valence-corrected chi connectivity index (χ1v) is 12.6. The zero-order valence-corrected chi connectivity index (χ0v) is 9.53. The molecule has 0 unspecified atom stereocenters. The van der Waals surface area contributed by atoms with Crippen molar-refractivity contribution in [2.24, 2.45) is 0 Å². The summed E-state index contributed by atoms with van der Waals surface area (Å²) >= 11 is -2.19. The van der Waals surface area contributed by atoms with Gasteiger partial charge in [-0.15, -0.1) is 0 Å². The van der Waals surface area contributed by atoms with Gasteiger partial charge in [-0.1, -0.05) is 0 Å². The minimum absolute atomic E-state index is 1.16. The van der Waals surface area contributed by atoms with Crippen LogP contribution in [0.1, 0.15) is 0 Å².